The van der Waals surface area contributed by atoms with Crippen LogP contribution in [0.2, 0.25) is 0 Å². The van der Waals surface area contributed by atoms with Gasteiger partial charge in [-0.05, 0) is 38.1 Å². The van der Waals surface area contributed by atoms with Gasteiger partial charge in [0, 0.05) is 7.05 Å². The van der Waals surface area contributed by atoms with Crippen molar-refractivity contribution in [3.63, 3.8) is 0 Å². The van der Waals surface area contributed by atoms with Crippen molar-refractivity contribution in [3.05, 3.63) is 71.1 Å². The fraction of sp³-hybridized carbons (Fsp3) is 0.304. The third-order valence-corrected chi connectivity index (χ3v) is 5.06. The molecule has 0 N–H and O–H groups in total. The summed E-state index contributed by atoms with van der Waals surface area (Å²) in [4.78, 5) is 14.7. The normalized spacial score (nSPS) is 15.0. The number of hydrogen-bond acceptors (Lipinski definition) is 6. The molecule has 0 saturated carbocycles. The van der Waals surface area contributed by atoms with E-state index in [9.17, 15) is 4.79 Å². The minimum absolute atomic E-state index is 0.146. The first-order chi connectivity index (χ1) is 14.5. The number of likely N-dealkylation sites (N-methyl/N-ethyl adjacent to an activating group) is 1. The molecule has 1 aliphatic heterocycles. The Hall–Kier alpha value is -3.48. The second-order valence-corrected chi connectivity index (χ2v) is 7.27. The lowest BCUT2D eigenvalue weighted by atomic mass is 10.1. The number of benzene rings is 2. The average Bonchev–Trinajstić information content (AvgIpc) is 3.09. The minimum Gasteiger partial charge on any atom is -0.488 e. The van der Waals surface area contributed by atoms with E-state index in [2.05, 4.69) is 5.16 Å². The lowest BCUT2D eigenvalue weighted by Gasteiger charge is -2.29. The molecule has 156 valence electrons. The highest BCUT2D eigenvalue weighted by Crippen LogP contribution is 2.31. The predicted molar refractivity (Wildman–Crippen MR) is 110 cm³/mol. The highest BCUT2D eigenvalue weighted by Gasteiger charge is 2.25. The van der Waals surface area contributed by atoms with Crippen molar-refractivity contribution in [2.24, 2.45) is 0 Å². The van der Waals surface area contributed by atoms with Crippen molar-refractivity contribution in [1.29, 1.82) is 0 Å². The molecule has 1 unspecified atom stereocenters. The Kier molecular flexibility index (Phi) is 5.61. The maximum Gasteiger partial charge on any atom is 0.257 e. The van der Waals surface area contributed by atoms with Crippen LogP contribution in [-0.2, 0) is 6.61 Å². The molecule has 2 heterocycles. The number of fused-ring (bicyclic) bond motifs is 1. The first-order valence-corrected chi connectivity index (χ1v) is 9.80. The average molecular weight is 408 g/mol. The van der Waals surface area contributed by atoms with Crippen LogP contribution in [0.5, 0.6) is 17.2 Å². The third kappa shape index (κ3) is 4.10. The van der Waals surface area contributed by atoms with Crippen LogP contribution in [0.1, 0.15) is 27.4 Å². The van der Waals surface area contributed by atoms with Crippen molar-refractivity contribution < 1.29 is 23.5 Å². The Balaban J connectivity index is 1.43. The summed E-state index contributed by atoms with van der Waals surface area (Å²) in [5, 5.41) is 3.94. The Morgan fingerprint density at radius 1 is 1.13 bits per heavy atom. The zero-order valence-corrected chi connectivity index (χ0v) is 17.3. The smallest absolute Gasteiger partial charge is 0.257 e. The largest absolute Gasteiger partial charge is 0.488 e. The molecule has 7 nitrogen and oxygen atoms in total. The summed E-state index contributed by atoms with van der Waals surface area (Å²) in [7, 11) is 1.75. The van der Waals surface area contributed by atoms with Gasteiger partial charge in [-0.15, -0.1) is 0 Å². The van der Waals surface area contributed by atoms with Crippen molar-refractivity contribution in [2.75, 3.05) is 20.2 Å². The van der Waals surface area contributed by atoms with E-state index in [1.54, 1.807) is 24.1 Å². The van der Waals surface area contributed by atoms with Crippen LogP contribution in [0.4, 0.5) is 0 Å². The van der Waals surface area contributed by atoms with Crippen LogP contribution in [0.15, 0.2) is 53.1 Å². The molecule has 0 radical (unpaired) electrons. The van der Waals surface area contributed by atoms with Gasteiger partial charge < -0.3 is 23.6 Å². The van der Waals surface area contributed by atoms with Gasteiger partial charge in [0.25, 0.3) is 5.91 Å². The maximum absolute atomic E-state index is 13.1. The van der Waals surface area contributed by atoms with Gasteiger partial charge in [0.2, 0.25) is 0 Å². The molecule has 3 aromatic rings. The fourth-order valence-corrected chi connectivity index (χ4v) is 3.37. The summed E-state index contributed by atoms with van der Waals surface area (Å²) in [6.45, 7) is 4.77. The number of aryl methyl sites for hydroxylation is 2. The van der Waals surface area contributed by atoms with E-state index in [1.165, 1.54) is 0 Å². The van der Waals surface area contributed by atoms with Crippen molar-refractivity contribution in [1.82, 2.24) is 10.1 Å². The van der Waals surface area contributed by atoms with E-state index in [1.807, 2.05) is 50.2 Å². The van der Waals surface area contributed by atoms with E-state index in [4.69, 9.17) is 18.7 Å². The third-order valence-electron chi connectivity index (χ3n) is 5.06. The number of carbonyl (C=O) groups is 1. The molecule has 1 atom stereocenters. The molecule has 1 aliphatic rings. The first kappa shape index (κ1) is 19.8. The molecule has 0 spiro atoms. The molecule has 7 heteroatoms. The number of ether oxygens (including phenoxy) is 3. The molecule has 1 aromatic heterocycles. The van der Waals surface area contributed by atoms with Crippen molar-refractivity contribution in [2.45, 2.75) is 26.6 Å². The number of nitrogens with zero attached hydrogens (tertiary/aromatic N) is 2. The number of amides is 1. The maximum atomic E-state index is 13.1. The van der Waals surface area contributed by atoms with Gasteiger partial charge in [0.05, 0.1) is 23.4 Å². The summed E-state index contributed by atoms with van der Waals surface area (Å²) in [6, 6.07) is 14.7. The molecule has 4 rings (SSSR count). The van der Waals surface area contributed by atoms with Gasteiger partial charge in [0.1, 0.15) is 24.7 Å². The van der Waals surface area contributed by atoms with Gasteiger partial charge in [-0.3, -0.25) is 4.79 Å². The number of carbonyl (C=O) groups excluding carboxylic acids is 1. The summed E-state index contributed by atoms with van der Waals surface area (Å²) in [5.74, 6) is 2.49. The van der Waals surface area contributed by atoms with E-state index in [0.717, 1.165) is 17.0 Å². The van der Waals surface area contributed by atoms with Gasteiger partial charge >= 0.3 is 0 Å². The molecule has 30 heavy (non-hydrogen) atoms. The highest BCUT2D eigenvalue weighted by atomic mass is 16.6. The lowest BCUT2D eigenvalue weighted by Crippen LogP contribution is -2.41. The number of para-hydroxylation sites is 3. The van der Waals surface area contributed by atoms with Gasteiger partial charge in [-0.1, -0.05) is 29.4 Å². The summed E-state index contributed by atoms with van der Waals surface area (Å²) in [5.41, 5.74) is 2.16. The molecule has 0 fully saturated rings. The molecular formula is C23H24N2O5. The standard InChI is InChI=1S/C23H24N2O5/c1-15-19(16(2)30-24-15)14-28-20-9-5-4-8-18(20)23(26)25(3)12-17-13-27-21-10-6-7-11-22(21)29-17/h4-11,17H,12-14H2,1-3H3. The zero-order chi connectivity index (χ0) is 21.1. The highest BCUT2D eigenvalue weighted by molar-refractivity contribution is 5.96. The van der Waals surface area contributed by atoms with Crippen LogP contribution >= 0.6 is 0 Å². The molecule has 0 aliphatic carbocycles. The molecule has 1 amide bonds. The summed E-state index contributed by atoms with van der Waals surface area (Å²) >= 11 is 0. The topological polar surface area (TPSA) is 74.0 Å². The predicted octanol–water partition coefficient (Wildman–Crippen LogP) is 3.78. The van der Waals surface area contributed by atoms with Crippen LogP contribution in [0, 0.1) is 13.8 Å². The van der Waals surface area contributed by atoms with Gasteiger partial charge in [-0.25, -0.2) is 0 Å². The second-order valence-electron chi connectivity index (χ2n) is 7.27. The Morgan fingerprint density at radius 2 is 1.87 bits per heavy atom. The Labute approximate surface area is 175 Å². The fourth-order valence-electron chi connectivity index (χ4n) is 3.37. The summed E-state index contributed by atoms with van der Waals surface area (Å²) < 4.78 is 22.8. The first-order valence-electron chi connectivity index (χ1n) is 9.80. The van der Waals surface area contributed by atoms with E-state index >= 15 is 0 Å². The number of aromatic nitrogens is 1. The van der Waals surface area contributed by atoms with Gasteiger partial charge in [-0.2, -0.15) is 0 Å². The number of hydrogen-bond donors (Lipinski definition) is 0. The van der Waals surface area contributed by atoms with E-state index < -0.39 is 0 Å². The summed E-state index contributed by atoms with van der Waals surface area (Å²) in [6.07, 6.45) is -0.246. The van der Waals surface area contributed by atoms with Crippen LogP contribution < -0.4 is 14.2 Å². The Morgan fingerprint density at radius 3 is 2.63 bits per heavy atom. The monoisotopic (exact) mass is 408 g/mol. The molecule has 0 saturated heterocycles. The van der Waals surface area contributed by atoms with Crippen LogP contribution in [0.3, 0.4) is 0 Å². The number of rotatable bonds is 6. The molecular weight excluding hydrogens is 384 g/mol. The van der Waals surface area contributed by atoms with E-state index in [0.29, 0.717) is 36.0 Å². The van der Waals surface area contributed by atoms with Crippen molar-refractivity contribution in [3.8, 4) is 17.2 Å². The Bertz CT molecular complexity index is 1030. The van der Waals surface area contributed by atoms with E-state index in [-0.39, 0.29) is 18.6 Å². The quantitative estimate of drug-likeness (QED) is 0.618. The molecule has 0 bridgehead atoms. The van der Waals surface area contributed by atoms with Gasteiger partial charge in [0.15, 0.2) is 17.6 Å². The van der Waals surface area contributed by atoms with Crippen LogP contribution in [-0.4, -0.2) is 42.3 Å². The SMILES string of the molecule is Cc1noc(C)c1COc1ccccc1C(=O)N(C)CC1COc2ccccc2O1. The lowest BCUT2D eigenvalue weighted by molar-refractivity contribution is 0.0518. The second kappa shape index (κ2) is 8.49. The minimum atomic E-state index is -0.246. The molecule has 2 aromatic carbocycles. The zero-order valence-electron chi connectivity index (χ0n) is 17.3. The van der Waals surface area contributed by atoms with Crippen LogP contribution in [0.25, 0.3) is 0 Å². The van der Waals surface area contributed by atoms with Crippen molar-refractivity contribution >= 4 is 5.91 Å².